The topological polar surface area (TPSA) is 48.5 Å². The van der Waals surface area contributed by atoms with Crippen LogP contribution in [0.25, 0.3) is 109 Å². The van der Waals surface area contributed by atoms with E-state index in [1.807, 2.05) is 124 Å². The number of rotatable bonds is 5. The van der Waals surface area contributed by atoms with Gasteiger partial charge in [0.2, 0.25) is 0 Å². The van der Waals surface area contributed by atoms with Gasteiger partial charge in [-0.1, -0.05) is 152 Å². The van der Waals surface area contributed by atoms with E-state index in [0.29, 0.717) is 61.1 Å². The average molecular weight is 752 g/mol. The number of hydrogen-bond acceptors (Lipinski definition) is 4. The van der Waals surface area contributed by atoms with Gasteiger partial charge in [-0.3, -0.25) is 0 Å². The smallest absolute Gasteiger partial charge is 0.164 e. The van der Waals surface area contributed by atoms with Crippen LogP contribution in [0.2, 0.25) is 0 Å². The van der Waals surface area contributed by atoms with Gasteiger partial charge in [0.15, 0.2) is 17.5 Å². The van der Waals surface area contributed by atoms with Crippen molar-refractivity contribution in [2.24, 2.45) is 0 Å². The van der Waals surface area contributed by atoms with Gasteiger partial charge >= 0.3 is 0 Å². The summed E-state index contributed by atoms with van der Waals surface area (Å²) in [5, 5.41) is 3.84. The molecule has 8 aromatic carbocycles. The van der Waals surface area contributed by atoms with Crippen molar-refractivity contribution in [3.63, 3.8) is 0 Å². The van der Waals surface area contributed by atoms with Crippen LogP contribution in [0.15, 0.2) is 188 Å². The molecule has 57 heavy (non-hydrogen) atoms. The fourth-order valence-corrected chi connectivity index (χ4v) is 9.48. The number of aromatic nitrogens is 5. The lowest BCUT2D eigenvalue weighted by Gasteiger charge is -2.13. The van der Waals surface area contributed by atoms with Gasteiger partial charge in [-0.25, -0.2) is 15.0 Å². The predicted molar refractivity (Wildman–Crippen MR) is 238 cm³/mol. The Balaban J connectivity index is 1.23. The predicted octanol–water partition coefficient (Wildman–Crippen LogP) is 13.4. The molecule has 0 atom stereocenters. The number of benzene rings is 8. The van der Waals surface area contributed by atoms with Crippen molar-refractivity contribution in [2.75, 3.05) is 0 Å². The Bertz CT molecular complexity index is 3810. The molecule has 5 nitrogen and oxygen atoms in total. The van der Waals surface area contributed by atoms with Gasteiger partial charge in [-0.05, 0) is 36.4 Å². The van der Waals surface area contributed by atoms with Crippen molar-refractivity contribution >= 4 is 75.1 Å². The molecule has 0 unspecified atom stereocenters. The Labute approximate surface area is 339 Å². The van der Waals surface area contributed by atoms with Crippen molar-refractivity contribution < 1.29 is 8.22 Å². The second-order valence-corrected chi connectivity index (χ2v) is 15.0. The SMILES string of the molecule is [2H]c1cc([2H])c2c(c1)c1c([2H])c([2H])c3c4cc([2H])cc([2H])c4n(-c4cccc5c4sc4cccc(-c6nc(-c7ccccc7)nc(-c7ccccc7)n6)c45)c3c1n2-c1ccccc1. The normalized spacial score (nSPS) is 13.3. The third-order valence-electron chi connectivity index (χ3n) is 10.7. The van der Waals surface area contributed by atoms with E-state index >= 15 is 0 Å². The highest BCUT2D eigenvalue weighted by atomic mass is 32.1. The van der Waals surface area contributed by atoms with Crippen LogP contribution < -0.4 is 0 Å². The van der Waals surface area contributed by atoms with Gasteiger partial charge in [0.1, 0.15) is 0 Å². The van der Waals surface area contributed by atoms with Crippen LogP contribution in [-0.4, -0.2) is 24.1 Å². The molecule has 0 N–H and O–H groups in total. The molecule has 0 saturated carbocycles. The summed E-state index contributed by atoms with van der Waals surface area (Å²) in [7, 11) is 0. The second kappa shape index (κ2) is 12.6. The van der Waals surface area contributed by atoms with E-state index in [9.17, 15) is 5.48 Å². The van der Waals surface area contributed by atoms with Crippen LogP contribution in [-0.2, 0) is 0 Å². The molecule has 12 rings (SSSR count). The lowest BCUT2D eigenvalue weighted by atomic mass is 10.0. The standard InChI is InChI=1S/C51H31N5S/c1-4-16-32(17-5-1)49-52-50(33-18-6-2-7-19-33)54-51(53-49)40-25-15-29-44-45(40)39-24-14-28-43(48(39)57-44)56-42-27-13-11-23-36(42)38-31-30-37-35-22-10-12-26-41(35)55(46(37)47(38)56)34-20-8-3-9-21-34/h1-31H/i10D,11D,26D,27D,30D,31D. The fraction of sp³-hybridized carbons (Fsp3) is 0. The molecular formula is C51H31N5S. The Hall–Kier alpha value is -7.41. The lowest BCUT2D eigenvalue weighted by molar-refractivity contribution is 1.08. The quantitative estimate of drug-likeness (QED) is 0.176. The van der Waals surface area contributed by atoms with E-state index in [2.05, 4.69) is 12.1 Å². The molecule has 0 fully saturated rings. The Morgan fingerprint density at radius 1 is 0.439 bits per heavy atom. The highest BCUT2D eigenvalue weighted by Crippen LogP contribution is 2.46. The van der Waals surface area contributed by atoms with Crippen molar-refractivity contribution in [1.29, 1.82) is 0 Å². The summed E-state index contributed by atoms with van der Waals surface area (Å²) in [6.07, 6.45) is 0. The van der Waals surface area contributed by atoms with Gasteiger partial charge in [-0.2, -0.15) is 0 Å². The maximum atomic E-state index is 9.66. The van der Waals surface area contributed by atoms with Crippen LogP contribution in [0, 0.1) is 0 Å². The molecule has 4 aromatic heterocycles. The minimum atomic E-state index is -0.0515. The first-order valence-corrected chi connectivity index (χ1v) is 19.4. The number of nitrogens with zero attached hydrogens (tertiary/aromatic N) is 5. The maximum Gasteiger partial charge on any atom is 0.164 e. The summed E-state index contributed by atoms with van der Waals surface area (Å²) in [6.45, 7) is 0. The van der Waals surface area contributed by atoms with Gasteiger partial charge < -0.3 is 9.13 Å². The van der Waals surface area contributed by atoms with E-state index in [4.69, 9.17) is 17.7 Å². The van der Waals surface area contributed by atoms with Crippen molar-refractivity contribution in [3.8, 4) is 45.5 Å². The van der Waals surface area contributed by atoms with Gasteiger partial charge in [0.05, 0.1) is 40.7 Å². The van der Waals surface area contributed by atoms with E-state index < -0.39 is 0 Å². The monoisotopic (exact) mass is 751 g/mol. The van der Waals surface area contributed by atoms with Crippen molar-refractivity contribution in [1.82, 2.24) is 24.1 Å². The lowest BCUT2D eigenvalue weighted by Crippen LogP contribution is -2.00. The van der Waals surface area contributed by atoms with E-state index in [-0.39, 0.29) is 36.3 Å². The molecule has 6 heteroatoms. The third kappa shape index (κ3) is 4.84. The minimum Gasteiger partial charge on any atom is -0.307 e. The zero-order valence-corrected chi connectivity index (χ0v) is 30.9. The van der Waals surface area contributed by atoms with Crippen LogP contribution in [0.4, 0.5) is 0 Å². The number of thiophene rings is 1. The van der Waals surface area contributed by atoms with Crippen molar-refractivity contribution in [3.05, 3.63) is 188 Å². The Morgan fingerprint density at radius 3 is 1.65 bits per heavy atom. The zero-order chi connectivity index (χ0) is 42.7. The third-order valence-corrected chi connectivity index (χ3v) is 11.9. The molecule has 4 heterocycles. The van der Waals surface area contributed by atoms with E-state index in [1.165, 1.54) is 12.1 Å². The highest BCUT2D eigenvalue weighted by Gasteiger charge is 2.24. The van der Waals surface area contributed by atoms with Gasteiger partial charge in [0, 0.05) is 59.4 Å². The number of hydrogen-bond donors (Lipinski definition) is 0. The van der Waals surface area contributed by atoms with Crippen LogP contribution >= 0.6 is 11.3 Å². The molecule has 0 spiro atoms. The van der Waals surface area contributed by atoms with E-state index in [1.54, 1.807) is 23.5 Å². The summed E-state index contributed by atoms with van der Waals surface area (Å²) >= 11 is 1.61. The molecule has 0 radical (unpaired) electrons. The van der Waals surface area contributed by atoms with Gasteiger partial charge in [-0.15, -0.1) is 11.3 Å². The van der Waals surface area contributed by atoms with E-state index in [0.717, 1.165) is 48.2 Å². The average Bonchev–Trinajstić information content (AvgIpc) is 3.97. The molecule has 12 aromatic rings. The molecule has 0 aliphatic carbocycles. The molecular weight excluding hydrogens is 715 g/mol. The summed E-state index contributed by atoms with van der Waals surface area (Å²) in [4.78, 5) is 15.1. The first-order chi connectivity index (χ1) is 30.7. The molecule has 0 amide bonds. The molecule has 0 saturated heterocycles. The summed E-state index contributed by atoms with van der Waals surface area (Å²) in [5.41, 5.74) is 6.26. The van der Waals surface area contributed by atoms with Crippen LogP contribution in [0.3, 0.4) is 0 Å². The molecule has 0 aliphatic heterocycles. The first kappa shape index (κ1) is 26.4. The zero-order valence-electron chi connectivity index (χ0n) is 36.1. The summed E-state index contributed by atoms with van der Waals surface area (Å²) in [6, 6.07) is 48.5. The van der Waals surface area contributed by atoms with Gasteiger partial charge in [0.25, 0.3) is 0 Å². The van der Waals surface area contributed by atoms with Crippen LogP contribution in [0.5, 0.6) is 0 Å². The Kier molecular flexibility index (Phi) is 5.82. The van der Waals surface area contributed by atoms with Crippen LogP contribution in [0.1, 0.15) is 8.22 Å². The maximum absolute atomic E-state index is 9.66. The summed E-state index contributed by atoms with van der Waals surface area (Å²) in [5.74, 6) is 1.65. The minimum absolute atomic E-state index is 0.0463. The van der Waals surface area contributed by atoms with Crippen molar-refractivity contribution in [2.45, 2.75) is 0 Å². The molecule has 0 bridgehead atoms. The first-order valence-electron chi connectivity index (χ1n) is 21.6. The second-order valence-electron chi connectivity index (χ2n) is 13.9. The highest BCUT2D eigenvalue weighted by molar-refractivity contribution is 7.26. The summed E-state index contributed by atoms with van der Waals surface area (Å²) < 4.78 is 61.2. The number of para-hydroxylation sites is 3. The largest absolute Gasteiger partial charge is 0.307 e. The molecule has 0 aliphatic rings. The number of fused-ring (bicyclic) bond motifs is 10. The fourth-order valence-electron chi connectivity index (χ4n) is 8.24. The Morgan fingerprint density at radius 2 is 1.00 bits per heavy atom. The molecule has 266 valence electrons.